The highest BCUT2D eigenvalue weighted by Crippen LogP contribution is 2.45. The Kier molecular flexibility index (Phi) is 3.85. The van der Waals surface area contributed by atoms with Crippen LogP contribution in [0.4, 0.5) is 0 Å². The minimum atomic E-state index is -0.637. The highest BCUT2D eigenvalue weighted by atomic mass is 16.4. The average Bonchev–Trinajstić information content (AvgIpc) is 2.29. The summed E-state index contributed by atoms with van der Waals surface area (Å²) in [5, 5.41) is 12.1. The number of hydrogen-bond donors (Lipinski definition) is 2. The molecule has 1 aliphatic carbocycles. The van der Waals surface area contributed by atoms with Crippen molar-refractivity contribution in [3.8, 4) is 0 Å². The van der Waals surface area contributed by atoms with E-state index in [-0.39, 0.29) is 0 Å². The zero-order valence-corrected chi connectivity index (χ0v) is 10.0. The minimum absolute atomic E-state index is 0.360. The molecular weight excluding hydrogens is 202 g/mol. The summed E-state index contributed by atoms with van der Waals surface area (Å²) < 4.78 is 0. The smallest absolute Gasteiger partial charge is 0.303 e. The van der Waals surface area contributed by atoms with E-state index in [4.69, 9.17) is 5.11 Å². The van der Waals surface area contributed by atoms with Gasteiger partial charge in [-0.1, -0.05) is 0 Å². The van der Waals surface area contributed by atoms with Crippen molar-refractivity contribution in [2.24, 2.45) is 11.3 Å². The lowest BCUT2D eigenvalue weighted by atomic mass is 9.65. The monoisotopic (exact) mass is 225 g/mol. The Morgan fingerprint density at radius 1 is 1.19 bits per heavy atom. The molecule has 2 N–H and O–H groups in total. The zero-order valence-electron chi connectivity index (χ0n) is 10.0. The van der Waals surface area contributed by atoms with Gasteiger partial charge in [-0.05, 0) is 69.4 Å². The second-order valence-corrected chi connectivity index (χ2v) is 5.63. The Balaban J connectivity index is 1.75. The van der Waals surface area contributed by atoms with Crippen molar-refractivity contribution in [2.75, 3.05) is 13.1 Å². The molecule has 1 heterocycles. The van der Waals surface area contributed by atoms with E-state index in [0.29, 0.717) is 17.8 Å². The molecule has 0 aromatic heterocycles. The average molecular weight is 225 g/mol. The van der Waals surface area contributed by atoms with E-state index in [1.807, 2.05) is 0 Å². The first kappa shape index (κ1) is 11.9. The SMILES string of the molecule is O=C(O)CCC1CCC2(CCNCC2)CC1. The number of aliphatic carboxylic acids is 1. The predicted octanol–water partition coefficient (Wildman–Crippen LogP) is 2.41. The summed E-state index contributed by atoms with van der Waals surface area (Å²) in [4.78, 5) is 10.5. The third-order valence-corrected chi connectivity index (χ3v) is 4.60. The molecule has 0 amide bonds. The summed E-state index contributed by atoms with van der Waals surface area (Å²) in [5.41, 5.74) is 0.616. The zero-order chi connectivity index (χ0) is 11.4. The summed E-state index contributed by atoms with van der Waals surface area (Å²) >= 11 is 0. The van der Waals surface area contributed by atoms with E-state index < -0.39 is 5.97 Å². The molecule has 2 fully saturated rings. The highest BCUT2D eigenvalue weighted by Gasteiger charge is 2.35. The molecule has 2 aliphatic rings. The Labute approximate surface area is 97.6 Å². The first-order chi connectivity index (χ1) is 7.70. The van der Waals surface area contributed by atoms with Gasteiger partial charge in [0.2, 0.25) is 0 Å². The molecular formula is C13H23NO2. The molecule has 0 aromatic carbocycles. The van der Waals surface area contributed by atoms with E-state index >= 15 is 0 Å². The van der Waals surface area contributed by atoms with Gasteiger partial charge in [0.05, 0.1) is 0 Å². The van der Waals surface area contributed by atoms with Crippen molar-refractivity contribution in [1.29, 1.82) is 0 Å². The molecule has 0 bridgehead atoms. The van der Waals surface area contributed by atoms with Gasteiger partial charge in [-0.25, -0.2) is 0 Å². The van der Waals surface area contributed by atoms with Gasteiger partial charge in [0.1, 0.15) is 0 Å². The number of rotatable bonds is 3. The maximum absolute atomic E-state index is 10.5. The van der Waals surface area contributed by atoms with E-state index in [9.17, 15) is 4.79 Å². The largest absolute Gasteiger partial charge is 0.481 e. The quantitative estimate of drug-likeness (QED) is 0.775. The van der Waals surface area contributed by atoms with Crippen molar-refractivity contribution in [3.63, 3.8) is 0 Å². The lowest BCUT2D eigenvalue weighted by Crippen LogP contribution is -2.39. The topological polar surface area (TPSA) is 49.3 Å². The maximum Gasteiger partial charge on any atom is 0.303 e. The van der Waals surface area contributed by atoms with Gasteiger partial charge in [0.25, 0.3) is 0 Å². The van der Waals surface area contributed by atoms with E-state index in [2.05, 4.69) is 5.32 Å². The molecule has 0 radical (unpaired) electrons. The fraction of sp³-hybridized carbons (Fsp3) is 0.923. The van der Waals surface area contributed by atoms with Crippen LogP contribution in [0.15, 0.2) is 0 Å². The summed E-state index contributed by atoms with van der Waals surface area (Å²) in [6.07, 6.45) is 9.10. The molecule has 0 atom stereocenters. The Hall–Kier alpha value is -0.570. The standard InChI is InChI=1S/C13H23NO2/c15-12(16)2-1-11-3-5-13(6-4-11)7-9-14-10-8-13/h11,14H,1-10H2,(H,15,16). The first-order valence-electron chi connectivity index (χ1n) is 6.63. The van der Waals surface area contributed by atoms with Crippen LogP contribution in [0.3, 0.4) is 0 Å². The van der Waals surface area contributed by atoms with E-state index in [1.54, 1.807) is 0 Å². The molecule has 2 rings (SSSR count). The summed E-state index contributed by atoms with van der Waals surface area (Å²) in [6, 6.07) is 0. The van der Waals surface area contributed by atoms with Gasteiger partial charge < -0.3 is 10.4 Å². The maximum atomic E-state index is 10.5. The van der Waals surface area contributed by atoms with E-state index in [0.717, 1.165) is 6.42 Å². The number of nitrogens with one attached hydrogen (secondary N) is 1. The summed E-state index contributed by atoms with van der Waals surface area (Å²) in [5.74, 6) is 0.0405. The van der Waals surface area contributed by atoms with Crippen LogP contribution in [-0.2, 0) is 4.79 Å². The molecule has 0 unspecified atom stereocenters. The highest BCUT2D eigenvalue weighted by molar-refractivity contribution is 5.66. The van der Waals surface area contributed by atoms with Crippen LogP contribution in [0, 0.1) is 11.3 Å². The fourth-order valence-corrected chi connectivity index (χ4v) is 3.36. The second-order valence-electron chi connectivity index (χ2n) is 5.63. The molecule has 3 nitrogen and oxygen atoms in total. The van der Waals surface area contributed by atoms with Crippen molar-refractivity contribution in [3.05, 3.63) is 0 Å². The van der Waals surface area contributed by atoms with E-state index in [1.165, 1.54) is 51.6 Å². The van der Waals surface area contributed by atoms with Gasteiger partial charge in [0, 0.05) is 6.42 Å². The van der Waals surface area contributed by atoms with Crippen molar-refractivity contribution in [1.82, 2.24) is 5.32 Å². The normalized spacial score (nSPS) is 25.8. The molecule has 0 aromatic rings. The van der Waals surface area contributed by atoms with Gasteiger partial charge in [-0.2, -0.15) is 0 Å². The van der Waals surface area contributed by atoms with Gasteiger partial charge in [0.15, 0.2) is 0 Å². The molecule has 16 heavy (non-hydrogen) atoms. The van der Waals surface area contributed by atoms with Crippen molar-refractivity contribution < 1.29 is 9.90 Å². The van der Waals surface area contributed by atoms with Crippen molar-refractivity contribution >= 4 is 5.97 Å². The number of carboxylic acids is 1. The third kappa shape index (κ3) is 2.97. The molecule has 1 saturated carbocycles. The van der Waals surface area contributed by atoms with Crippen LogP contribution in [0.1, 0.15) is 51.4 Å². The Morgan fingerprint density at radius 2 is 1.81 bits per heavy atom. The van der Waals surface area contributed by atoms with Gasteiger partial charge >= 0.3 is 5.97 Å². The van der Waals surface area contributed by atoms with Crippen LogP contribution < -0.4 is 5.32 Å². The van der Waals surface area contributed by atoms with Crippen LogP contribution in [0.2, 0.25) is 0 Å². The molecule has 1 spiro atoms. The number of hydrogen-bond acceptors (Lipinski definition) is 2. The minimum Gasteiger partial charge on any atom is -0.481 e. The second kappa shape index (κ2) is 5.17. The van der Waals surface area contributed by atoms with Crippen LogP contribution in [-0.4, -0.2) is 24.2 Å². The molecule has 1 aliphatic heterocycles. The van der Waals surface area contributed by atoms with Crippen LogP contribution in [0.25, 0.3) is 0 Å². The number of piperidine rings is 1. The number of carboxylic acid groups (broad SMARTS) is 1. The van der Waals surface area contributed by atoms with Gasteiger partial charge in [-0.15, -0.1) is 0 Å². The van der Waals surface area contributed by atoms with Crippen molar-refractivity contribution in [2.45, 2.75) is 51.4 Å². The predicted molar refractivity (Wildman–Crippen MR) is 63.4 cm³/mol. The lowest BCUT2D eigenvalue weighted by Gasteiger charge is -2.43. The Morgan fingerprint density at radius 3 is 2.38 bits per heavy atom. The summed E-state index contributed by atoms with van der Waals surface area (Å²) in [6.45, 7) is 2.36. The Bertz CT molecular complexity index is 236. The van der Waals surface area contributed by atoms with Gasteiger partial charge in [-0.3, -0.25) is 4.79 Å². The first-order valence-corrected chi connectivity index (χ1v) is 6.63. The molecule has 92 valence electrons. The fourth-order valence-electron chi connectivity index (χ4n) is 3.36. The third-order valence-electron chi connectivity index (χ3n) is 4.60. The molecule has 3 heteroatoms. The number of carbonyl (C=O) groups is 1. The lowest BCUT2D eigenvalue weighted by molar-refractivity contribution is -0.137. The van der Waals surface area contributed by atoms with Crippen LogP contribution >= 0.6 is 0 Å². The molecule has 1 saturated heterocycles. The van der Waals surface area contributed by atoms with Crippen LogP contribution in [0.5, 0.6) is 0 Å². The summed E-state index contributed by atoms with van der Waals surface area (Å²) in [7, 11) is 0.